The van der Waals surface area contributed by atoms with Crippen LogP contribution in [0.15, 0.2) is 113 Å². The predicted octanol–water partition coefficient (Wildman–Crippen LogP) is 6.12. The van der Waals surface area contributed by atoms with E-state index in [0.29, 0.717) is 29.5 Å². The molecule has 3 heterocycles. The van der Waals surface area contributed by atoms with Crippen molar-refractivity contribution >= 4 is 40.6 Å². The number of aromatic nitrogens is 3. The molecule has 1 atom stereocenters. The van der Waals surface area contributed by atoms with Crippen LogP contribution in [0.2, 0.25) is 0 Å². The highest BCUT2D eigenvalue weighted by atomic mass is 32.2. The molecule has 0 radical (unpaired) electrons. The molecule has 11 heteroatoms. The third-order valence-corrected chi connectivity index (χ3v) is 9.12. The number of halogens is 1. The van der Waals surface area contributed by atoms with Crippen molar-refractivity contribution in [2.24, 2.45) is 5.10 Å². The number of carbonyl (C=O) groups excluding carboxylic acids is 2. The number of hydrogen-bond acceptors (Lipinski definition) is 7. The van der Waals surface area contributed by atoms with Gasteiger partial charge in [0.2, 0.25) is 0 Å². The van der Waals surface area contributed by atoms with Crippen LogP contribution in [0.5, 0.6) is 0 Å². The summed E-state index contributed by atoms with van der Waals surface area (Å²) in [4.78, 5) is 27.4. The molecule has 1 aliphatic heterocycles. The highest BCUT2D eigenvalue weighted by Gasteiger charge is 2.33. The minimum Gasteiger partial charge on any atom is -0.345 e. The Morgan fingerprint density at radius 3 is 2.41 bits per heavy atom. The van der Waals surface area contributed by atoms with Crippen LogP contribution in [0.3, 0.4) is 0 Å². The van der Waals surface area contributed by atoms with Gasteiger partial charge in [0.25, 0.3) is 11.8 Å². The van der Waals surface area contributed by atoms with E-state index in [2.05, 4.69) is 27.6 Å². The van der Waals surface area contributed by atoms with Gasteiger partial charge in [-0.1, -0.05) is 78.5 Å². The molecule has 3 aromatic carbocycles. The molecule has 222 valence electrons. The van der Waals surface area contributed by atoms with Crippen molar-refractivity contribution in [1.82, 2.24) is 25.1 Å². The second kappa shape index (κ2) is 13.8. The van der Waals surface area contributed by atoms with Crippen molar-refractivity contribution in [2.75, 3.05) is 5.75 Å². The number of benzene rings is 3. The first kappa shape index (κ1) is 29.5. The molecular weight excluding hydrogens is 596 g/mol. The molecule has 1 N–H and O–H groups in total. The van der Waals surface area contributed by atoms with Crippen LogP contribution in [0.4, 0.5) is 4.39 Å². The summed E-state index contributed by atoms with van der Waals surface area (Å²) in [5, 5.41) is 20.5. The lowest BCUT2D eigenvalue weighted by Crippen LogP contribution is -2.28. The molecule has 1 aliphatic rings. The maximum Gasteiger partial charge on any atom is 0.253 e. The molecule has 0 saturated heterocycles. The first-order valence-corrected chi connectivity index (χ1v) is 16.0. The molecule has 0 saturated carbocycles. The third-order valence-electron chi connectivity index (χ3n) is 7.25. The number of thiophene rings is 1. The van der Waals surface area contributed by atoms with E-state index in [1.165, 1.54) is 28.9 Å². The number of nitrogens with one attached hydrogen (secondary N) is 1. The number of hydrazone groups is 1. The molecule has 0 bridgehead atoms. The van der Waals surface area contributed by atoms with Crippen molar-refractivity contribution in [3.05, 3.63) is 136 Å². The van der Waals surface area contributed by atoms with E-state index in [1.807, 2.05) is 58.5 Å². The van der Waals surface area contributed by atoms with Crippen molar-refractivity contribution in [2.45, 2.75) is 37.1 Å². The molecule has 44 heavy (non-hydrogen) atoms. The largest absolute Gasteiger partial charge is 0.345 e. The summed E-state index contributed by atoms with van der Waals surface area (Å²) < 4.78 is 15.6. The number of amides is 2. The van der Waals surface area contributed by atoms with Gasteiger partial charge in [-0.15, -0.1) is 21.5 Å². The van der Waals surface area contributed by atoms with Crippen LogP contribution in [-0.2, 0) is 24.3 Å². The van der Waals surface area contributed by atoms with E-state index in [-0.39, 0.29) is 36.0 Å². The lowest BCUT2D eigenvalue weighted by atomic mass is 10.0. The van der Waals surface area contributed by atoms with Gasteiger partial charge >= 0.3 is 0 Å². The summed E-state index contributed by atoms with van der Waals surface area (Å²) in [5.41, 5.74) is 3.37. The second-order valence-electron chi connectivity index (χ2n) is 10.2. The molecule has 0 aliphatic carbocycles. The molecule has 2 aromatic heterocycles. The van der Waals surface area contributed by atoms with Gasteiger partial charge in [-0.05, 0) is 53.3 Å². The van der Waals surface area contributed by atoms with Gasteiger partial charge in [-0.3, -0.25) is 9.59 Å². The van der Waals surface area contributed by atoms with E-state index < -0.39 is 0 Å². The SMILES string of the molecule is O=C(NCc1nnc(SCC(=O)N2N=C(c3cccs3)CC2c2ccc(F)cc2)n1CCc1ccccc1)c1ccccc1. The zero-order chi connectivity index (χ0) is 30.3. The summed E-state index contributed by atoms with van der Waals surface area (Å²) in [5.74, 6) is -0.0346. The maximum absolute atomic E-state index is 13.7. The van der Waals surface area contributed by atoms with E-state index >= 15 is 0 Å². The van der Waals surface area contributed by atoms with E-state index in [1.54, 1.807) is 35.6 Å². The molecule has 0 fully saturated rings. The topological polar surface area (TPSA) is 92.5 Å². The highest BCUT2D eigenvalue weighted by molar-refractivity contribution is 7.99. The average Bonchev–Trinajstić information content (AvgIpc) is 3.83. The molecular formula is C33H29FN6O2S2. The Morgan fingerprint density at radius 2 is 1.68 bits per heavy atom. The Kier molecular flexibility index (Phi) is 9.23. The van der Waals surface area contributed by atoms with Crippen molar-refractivity contribution in [1.29, 1.82) is 0 Å². The second-order valence-corrected chi connectivity index (χ2v) is 12.0. The minimum atomic E-state index is -0.333. The fraction of sp³-hybridized carbons (Fsp3) is 0.182. The molecule has 8 nitrogen and oxygen atoms in total. The average molecular weight is 625 g/mol. The van der Waals surface area contributed by atoms with Crippen LogP contribution in [0.1, 0.15) is 44.6 Å². The van der Waals surface area contributed by atoms with E-state index in [4.69, 9.17) is 5.10 Å². The van der Waals surface area contributed by atoms with Gasteiger partial charge in [0, 0.05) is 18.5 Å². The molecule has 0 spiro atoms. The summed E-state index contributed by atoms with van der Waals surface area (Å²) in [7, 11) is 0. The smallest absolute Gasteiger partial charge is 0.253 e. The Morgan fingerprint density at radius 1 is 0.932 bits per heavy atom. The van der Waals surface area contributed by atoms with Gasteiger partial charge in [-0.25, -0.2) is 9.40 Å². The van der Waals surface area contributed by atoms with Crippen molar-refractivity contribution < 1.29 is 14.0 Å². The van der Waals surface area contributed by atoms with Crippen LogP contribution in [0.25, 0.3) is 0 Å². The van der Waals surface area contributed by atoms with Gasteiger partial charge < -0.3 is 9.88 Å². The van der Waals surface area contributed by atoms with Crippen molar-refractivity contribution in [3.8, 4) is 0 Å². The Labute approximate surface area is 262 Å². The highest BCUT2D eigenvalue weighted by Crippen LogP contribution is 2.34. The Hall–Kier alpha value is -4.61. The number of carbonyl (C=O) groups is 2. The van der Waals surface area contributed by atoms with Crippen molar-refractivity contribution in [3.63, 3.8) is 0 Å². The third kappa shape index (κ3) is 6.95. The van der Waals surface area contributed by atoms with E-state index in [0.717, 1.165) is 28.1 Å². The molecule has 1 unspecified atom stereocenters. The van der Waals surface area contributed by atoms with Gasteiger partial charge in [-0.2, -0.15) is 5.10 Å². The summed E-state index contributed by atoms with van der Waals surface area (Å²) in [6.07, 6.45) is 1.27. The monoisotopic (exact) mass is 624 g/mol. The lowest BCUT2D eigenvalue weighted by molar-refractivity contribution is -0.130. The zero-order valence-corrected chi connectivity index (χ0v) is 25.3. The number of nitrogens with zero attached hydrogens (tertiary/aromatic N) is 5. The fourth-order valence-electron chi connectivity index (χ4n) is 4.99. The number of rotatable bonds is 11. The first-order chi connectivity index (χ1) is 21.5. The van der Waals surface area contributed by atoms with Gasteiger partial charge in [0.1, 0.15) is 5.82 Å². The predicted molar refractivity (Wildman–Crippen MR) is 170 cm³/mol. The standard InChI is InChI=1S/C33H29FN6O2S2/c34-26-15-13-24(14-16-26)28-20-27(29-12-7-19-43-29)38-40(28)31(41)22-44-33-37-36-30(21-35-32(42)25-10-5-2-6-11-25)39(33)18-17-23-8-3-1-4-9-23/h1-16,19,28H,17-18,20-22H2,(H,35,42). The Balaban J connectivity index is 1.19. The molecule has 5 aromatic rings. The Bertz CT molecular complexity index is 1740. The molecule has 6 rings (SSSR count). The van der Waals surface area contributed by atoms with Crippen LogP contribution < -0.4 is 5.32 Å². The quantitative estimate of drug-likeness (QED) is 0.179. The summed E-state index contributed by atoms with van der Waals surface area (Å²) in [6, 6.07) is 28.9. The fourth-order valence-corrected chi connectivity index (χ4v) is 6.54. The van der Waals surface area contributed by atoms with Crippen LogP contribution in [0, 0.1) is 5.82 Å². The number of thioether (sulfide) groups is 1. The normalized spacial score (nSPS) is 14.4. The zero-order valence-electron chi connectivity index (χ0n) is 23.7. The maximum atomic E-state index is 13.7. The molecule has 2 amide bonds. The van der Waals surface area contributed by atoms with Crippen LogP contribution >= 0.6 is 23.1 Å². The summed E-state index contributed by atoms with van der Waals surface area (Å²) in [6.45, 7) is 0.768. The minimum absolute atomic E-state index is 0.0821. The van der Waals surface area contributed by atoms with Gasteiger partial charge in [0.05, 0.1) is 28.9 Å². The number of hydrogen-bond donors (Lipinski definition) is 1. The lowest BCUT2D eigenvalue weighted by Gasteiger charge is -2.22. The number of aryl methyl sites for hydroxylation is 1. The summed E-state index contributed by atoms with van der Waals surface area (Å²) >= 11 is 2.86. The van der Waals surface area contributed by atoms with E-state index in [9.17, 15) is 14.0 Å². The first-order valence-electron chi connectivity index (χ1n) is 14.2. The van der Waals surface area contributed by atoms with Crippen LogP contribution in [-0.4, -0.2) is 43.1 Å². The van der Waals surface area contributed by atoms with Gasteiger partial charge in [0.15, 0.2) is 11.0 Å².